The van der Waals surface area contributed by atoms with Crippen LogP contribution in [-0.4, -0.2) is 0 Å². The summed E-state index contributed by atoms with van der Waals surface area (Å²) in [6.45, 7) is 2.64. The van der Waals surface area contributed by atoms with Gasteiger partial charge in [0, 0.05) is 22.2 Å². The van der Waals surface area contributed by atoms with Crippen molar-refractivity contribution in [3.8, 4) is 33.4 Å². The van der Waals surface area contributed by atoms with E-state index in [0.717, 1.165) is 17.8 Å². The Balaban J connectivity index is 1.11. The summed E-state index contributed by atoms with van der Waals surface area (Å²) in [5, 5.41) is 0. The first kappa shape index (κ1) is 32.4. The summed E-state index contributed by atoms with van der Waals surface area (Å²) in [6, 6.07) is 54.3. The van der Waals surface area contributed by atoms with E-state index in [-0.39, 0.29) is 10.8 Å². The molecule has 0 amide bonds. The molecule has 5 fully saturated rings. The summed E-state index contributed by atoms with van der Waals surface area (Å²) in [5.41, 5.74) is 18.9. The average molecular weight is 714 g/mol. The van der Waals surface area contributed by atoms with Gasteiger partial charge < -0.3 is 4.90 Å². The normalized spacial score (nSPS) is 27.4. The van der Waals surface area contributed by atoms with E-state index in [1.807, 2.05) is 0 Å². The fourth-order valence-electron chi connectivity index (χ4n) is 14.0. The van der Waals surface area contributed by atoms with Crippen LogP contribution in [0.4, 0.5) is 17.1 Å². The topological polar surface area (TPSA) is 3.24 Å². The molecule has 0 aliphatic heterocycles. The van der Waals surface area contributed by atoms with Gasteiger partial charge in [0.2, 0.25) is 0 Å². The molecule has 272 valence electrons. The van der Waals surface area contributed by atoms with E-state index < -0.39 is 0 Å². The highest BCUT2D eigenvalue weighted by atomic mass is 15.1. The molecular formula is C54H51N. The minimum Gasteiger partial charge on any atom is -0.310 e. The molecule has 1 heteroatoms. The fourth-order valence-corrected chi connectivity index (χ4v) is 14.0. The van der Waals surface area contributed by atoms with Gasteiger partial charge in [-0.15, -0.1) is 0 Å². The van der Waals surface area contributed by atoms with Crippen molar-refractivity contribution in [1.82, 2.24) is 0 Å². The van der Waals surface area contributed by atoms with Crippen molar-refractivity contribution in [2.45, 2.75) is 82.0 Å². The van der Waals surface area contributed by atoms with Gasteiger partial charge in [0.25, 0.3) is 0 Å². The van der Waals surface area contributed by atoms with Crippen LogP contribution in [0.2, 0.25) is 0 Å². The molecule has 6 aromatic carbocycles. The fraction of sp³-hybridized carbons (Fsp3) is 0.333. The lowest BCUT2D eigenvalue weighted by Crippen LogP contribution is -2.51. The largest absolute Gasteiger partial charge is 0.310 e. The van der Waals surface area contributed by atoms with Gasteiger partial charge in [0.1, 0.15) is 0 Å². The zero-order valence-electron chi connectivity index (χ0n) is 32.2. The summed E-state index contributed by atoms with van der Waals surface area (Å²) >= 11 is 0. The monoisotopic (exact) mass is 713 g/mol. The van der Waals surface area contributed by atoms with Gasteiger partial charge in [-0.3, -0.25) is 0 Å². The van der Waals surface area contributed by atoms with Crippen LogP contribution in [0.15, 0.2) is 140 Å². The molecular weight excluding hydrogens is 663 g/mol. The highest BCUT2D eigenvalue weighted by Crippen LogP contribution is 2.70. The average Bonchev–Trinajstić information content (AvgIpc) is 3.57. The third-order valence-electron chi connectivity index (χ3n) is 16.1. The Bertz CT molecular complexity index is 2450. The van der Waals surface area contributed by atoms with Crippen LogP contribution in [0.25, 0.3) is 33.4 Å². The maximum atomic E-state index is 2.70. The first-order chi connectivity index (χ1) is 27.1. The minimum atomic E-state index is 0.0351. The second-order valence-electron chi connectivity index (χ2n) is 18.4. The third-order valence-corrected chi connectivity index (χ3v) is 16.1. The van der Waals surface area contributed by atoms with Crippen molar-refractivity contribution in [2.75, 3.05) is 4.90 Å². The van der Waals surface area contributed by atoms with Gasteiger partial charge in [-0.25, -0.2) is 0 Å². The van der Waals surface area contributed by atoms with Crippen LogP contribution in [0, 0.1) is 29.6 Å². The minimum absolute atomic E-state index is 0.0351. The van der Waals surface area contributed by atoms with Crippen LogP contribution < -0.4 is 4.90 Å². The summed E-state index contributed by atoms with van der Waals surface area (Å²) in [6.07, 6.45) is 13.4. The van der Waals surface area contributed by atoms with Crippen molar-refractivity contribution in [1.29, 1.82) is 0 Å². The highest BCUT2D eigenvalue weighted by molar-refractivity contribution is 5.93. The SMILES string of the molecule is C[C@H]1C2CCC3CC(C2)CC1C31c2ccccc2-c2cccc(N(c3ccc(-c4ccccc4)cc3)c3ccc4c(c3)C3(CCCCC3)c3ccccc3-4)c21. The molecule has 6 aromatic rings. The van der Waals surface area contributed by atoms with E-state index in [1.54, 1.807) is 22.3 Å². The molecule has 0 saturated heterocycles. The summed E-state index contributed by atoms with van der Waals surface area (Å²) in [4.78, 5) is 2.70. The van der Waals surface area contributed by atoms with Crippen LogP contribution in [-0.2, 0) is 10.8 Å². The number of rotatable bonds is 4. The highest BCUT2D eigenvalue weighted by Gasteiger charge is 2.62. The molecule has 7 aliphatic rings. The molecule has 7 aliphatic carbocycles. The first-order valence-corrected chi connectivity index (χ1v) is 21.6. The summed E-state index contributed by atoms with van der Waals surface area (Å²) < 4.78 is 0. The van der Waals surface area contributed by atoms with E-state index in [9.17, 15) is 0 Å². The Kier molecular flexibility index (Phi) is 7.10. The standard InChI is InChI=1S/C54H51N/c1-35-39-21-24-40-32-36(31-39)33-49(35)54(40)48-19-9-7-16-44(48)46-17-12-20-51(52(46)54)55(41-25-22-38(23-26-41)37-13-4-2-5-14-37)42-27-28-45-43-15-6-8-18-47(43)53(50(45)34-42)29-10-3-11-30-53/h2,4-9,12-20,22-23,25-28,34-36,39-40,49H,3,10-11,21,24,29-33H2,1H3/t35-,36?,39?,40?,49?,54?/m0/s1. The Labute approximate surface area is 327 Å². The van der Waals surface area contributed by atoms with Crippen LogP contribution in [0.3, 0.4) is 0 Å². The Hall–Kier alpha value is -4.88. The zero-order valence-corrected chi connectivity index (χ0v) is 32.2. The molecule has 0 heterocycles. The first-order valence-electron chi connectivity index (χ1n) is 21.6. The van der Waals surface area contributed by atoms with Crippen molar-refractivity contribution in [3.05, 3.63) is 162 Å². The van der Waals surface area contributed by atoms with Gasteiger partial charge in [-0.2, -0.15) is 0 Å². The predicted octanol–water partition coefficient (Wildman–Crippen LogP) is 14.4. The van der Waals surface area contributed by atoms with Gasteiger partial charge >= 0.3 is 0 Å². The number of hydrogen-bond acceptors (Lipinski definition) is 1. The number of nitrogens with zero attached hydrogens (tertiary/aromatic N) is 1. The predicted molar refractivity (Wildman–Crippen MR) is 228 cm³/mol. The molecule has 5 unspecified atom stereocenters. The van der Waals surface area contributed by atoms with Gasteiger partial charge in [-0.05, 0) is 161 Å². The van der Waals surface area contributed by atoms with Crippen LogP contribution >= 0.6 is 0 Å². The molecule has 2 spiro atoms. The zero-order chi connectivity index (χ0) is 36.3. The molecule has 5 saturated carbocycles. The quantitative estimate of drug-likeness (QED) is 0.176. The molecule has 6 atom stereocenters. The molecule has 0 radical (unpaired) electrons. The Morgan fingerprint density at radius 1 is 0.527 bits per heavy atom. The summed E-state index contributed by atoms with van der Waals surface area (Å²) in [5.74, 6) is 3.83. The van der Waals surface area contributed by atoms with Crippen LogP contribution in [0.5, 0.6) is 0 Å². The smallest absolute Gasteiger partial charge is 0.0509 e. The number of benzene rings is 6. The molecule has 0 aromatic heterocycles. The van der Waals surface area contributed by atoms with Crippen molar-refractivity contribution < 1.29 is 0 Å². The molecule has 4 bridgehead atoms. The van der Waals surface area contributed by atoms with Gasteiger partial charge in [0.05, 0.1) is 5.69 Å². The van der Waals surface area contributed by atoms with Crippen LogP contribution in [0.1, 0.15) is 93.4 Å². The number of fused-ring (bicyclic) bond motifs is 9. The van der Waals surface area contributed by atoms with Crippen molar-refractivity contribution in [3.63, 3.8) is 0 Å². The molecule has 1 nitrogen and oxygen atoms in total. The number of anilines is 3. The van der Waals surface area contributed by atoms with Gasteiger partial charge in [-0.1, -0.05) is 135 Å². The maximum Gasteiger partial charge on any atom is 0.0509 e. The summed E-state index contributed by atoms with van der Waals surface area (Å²) in [7, 11) is 0. The Morgan fingerprint density at radius 2 is 1.20 bits per heavy atom. The molecule has 13 rings (SSSR count). The lowest BCUT2D eigenvalue weighted by Gasteiger charge is -2.56. The second-order valence-corrected chi connectivity index (χ2v) is 18.4. The lowest BCUT2D eigenvalue weighted by atomic mass is 9.48. The van der Waals surface area contributed by atoms with E-state index in [0.29, 0.717) is 11.8 Å². The molecule has 0 N–H and O–H groups in total. The van der Waals surface area contributed by atoms with E-state index in [2.05, 4.69) is 151 Å². The van der Waals surface area contributed by atoms with Crippen molar-refractivity contribution in [2.24, 2.45) is 29.6 Å². The Morgan fingerprint density at radius 3 is 2.02 bits per heavy atom. The third kappa shape index (κ3) is 4.42. The van der Waals surface area contributed by atoms with Crippen molar-refractivity contribution >= 4 is 17.1 Å². The molecule has 55 heavy (non-hydrogen) atoms. The number of hydrogen-bond donors (Lipinski definition) is 0. The van der Waals surface area contributed by atoms with E-state index >= 15 is 0 Å². The van der Waals surface area contributed by atoms with Gasteiger partial charge in [0.15, 0.2) is 0 Å². The maximum absolute atomic E-state index is 2.70. The lowest BCUT2D eigenvalue weighted by molar-refractivity contribution is 0.0176. The second kappa shape index (κ2) is 12.1. The van der Waals surface area contributed by atoms with E-state index in [4.69, 9.17) is 0 Å². The van der Waals surface area contributed by atoms with E-state index in [1.165, 1.54) is 115 Å².